The Kier molecular flexibility index (Phi) is 3.66. The van der Waals surface area contributed by atoms with E-state index in [0.717, 1.165) is 16.8 Å². The van der Waals surface area contributed by atoms with Gasteiger partial charge in [0.1, 0.15) is 0 Å². The van der Waals surface area contributed by atoms with E-state index in [9.17, 15) is 4.79 Å². The van der Waals surface area contributed by atoms with Gasteiger partial charge in [0.15, 0.2) is 5.69 Å². The van der Waals surface area contributed by atoms with E-state index in [4.69, 9.17) is 9.84 Å². The van der Waals surface area contributed by atoms with Crippen molar-refractivity contribution >= 4 is 5.97 Å². The zero-order chi connectivity index (χ0) is 14.0. The zero-order valence-electron chi connectivity index (χ0n) is 11.1. The minimum atomic E-state index is -1.02. The number of carbonyl (C=O) groups is 1. The lowest BCUT2D eigenvalue weighted by Gasteiger charge is -2.11. The molecule has 5 heteroatoms. The van der Waals surface area contributed by atoms with Crippen LogP contribution in [0.25, 0.3) is 11.3 Å². The number of methoxy groups -OCH3 is 1. The third-order valence-electron chi connectivity index (χ3n) is 3.10. The normalized spacial score (nSPS) is 12.4. The molecule has 1 aromatic heterocycles. The first-order valence-corrected chi connectivity index (χ1v) is 5.93. The number of hydrogen-bond donors (Lipinski definition) is 1. The van der Waals surface area contributed by atoms with Crippen molar-refractivity contribution in [3.63, 3.8) is 0 Å². The number of benzene rings is 1. The maximum Gasteiger partial charge on any atom is 0.356 e. The van der Waals surface area contributed by atoms with Gasteiger partial charge in [0.2, 0.25) is 0 Å². The second-order valence-electron chi connectivity index (χ2n) is 4.35. The molecule has 0 fully saturated rings. The molecule has 2 aromatic rings. The number of carboxylic acids is 1. The fourth-order valence-electron chi connectivity index (χ4n) is 1.93. The van der Waals surface area contributed by atoms with Crippen LogP contribution in [0.3, 0.4) is 0 Å². The molecule has 0 spiro atoms. The Hall–Kier alpha value is -2.14. The van der Waals surface area contributed by atoms with Crippen molar-refractivity contribution < 1.29 is 14.6 Å². The third-order valence-corrected chi connectivity index (χ3v) is 3.10. The van der Waals surface area contributed by atoms with Crippen LogP contribution in [0.5, 0.6) is 0 Å². The highest BCUT2D eigenvalue weighted by molar-refractivity contribution is 5.87. The molecule has 5 nitrogen and oxygen atoms in total. The van der Waals surface area contributed by atoms with Crippen molar-refractivity contribution in [1.29, 1.82) is 0 Å². The van der Waals surface area contributed by atoms with E-state index >= 15 is 0 Å². The maximum absolute atomic E-state index is 10.9. The number of carboxylic acid groups (broad SMARTS) is 1. The molecular weight excluding hydrogens is 244 g/mol. The minimum absolute atomic E-state index is 0.00729. The molecule has 0 radical (unpaired) electrons. The minimum Gasteiger partial charge on any atom is -0.476 e. The van der Waals surface area contributed by atoms with Gasteiger partial charge < -0.3 is 9.84 Å². The van der Waals surface area contributed by atoms with Crippen LogP contribution in [0.1, 0.15) is 29.1 Å². The Labute approximate surface area is 111 Å². The number of aromatic nitrogens is 2. The van der Waals surface area contributed by atoms with Crippen molar-refractivity contribution in [2.45, 2.75) is 13.0 Å². The van der Waals surface area contributed by atoms with Gasteiger partial charge >= 0.3 is 5.97 Å². The van der Waals surface area contributed by atoms with E-state index in [1.165, 1.54) is 0 Å². The summed E-state index contributed by atoms with van der Waals surface area (Å²) in [5.74, 6) is -1.02. The SMILES string of the molecule is COC(C)c1cccc(-c2cc(C(=O)O)nn2C)c1. The smallest absolute Gasteiger partial charge is 0.356 e. The molecular formula is C14H16N2O3. The van der Waals surface area contributed by atoms with Crippen molar-refractivity contribution in [3.8, 4) is 11.3 Å². The topological polar surface area (TPSA) is 64.3 Å². The molecule has 1 unspecified atom stereocenters. The Morgan fingerprint density at radius 3 is 2.74 bits per heavy atom. The van der Waals surface area contributed by atoms with Crippen LogP contribution in [0, 0.1) is 0 Å². The molecule has 0 saturated heterocycles. The first kappa shape index (κ1) is 13.3. The van der Waals surface area contributed by atoms with E-state index < -0.39 is 5.97 Å². The van der Waals surface area contributed by atoms with E-state index in [1.54, 1.807) is 24.9 Å². The number of aromatic carboxylic acids is 1. The van der Waals surface area contributed by atoms with Crippen LogP contribution in [-0.4, -0.2) is 28.0 Å². The number of hydrogen-bond acceptors (Lipinski definition) is 3. The monoisotopic (exact) mass is 260 g/mol. The molecule has 0 amide bonds. The van der Waals surface area contributed by atoms with Crippen LogP contribution in [-0.2, 0) is 11.8 Å². The lowest BCUT2D eigenvalue weighted by Crippen LogP contribution is -1.99. The van der Waals surface area contributed by atoms with Crippen molar-refractivity contribution in [1.82, 2.24) is 9.78 Å². The highest BCUT2D eigenvalue weighted by Crippen LogP contribution is 2.24. The number of rotatable bonds is 4. The van der Waals surface area contributed by atoms with Gasteiger partial charge in [-0.05, 0) is 24.6 Å². The second kappa shape index (κ2) is 5.24. The summed E-state index contributed by atoms with van der Waals surface area (Å²) in [5.41, 5.74) is 2.77. The van der Waals surface area contributed by atoms with Crippen LogP contribution in [0.4, 0.5) is 0 Å². The molecule has 1 heterocycles. The third kappa shape index (κ3) is 2.66. The summed E-state index contributed by atoms with van der Waals surface area (Å²) in [6.07, 6.45) is -0.00729. The molecule has 19 heavy (non-hydrogen) atoms. The molecule has 100 valence electrons. The Bertz CT molecular complexity index is 604. The van der Waals surface area contributed by atoms with Crippen LogP contribution in [0.15, 0.2) is 30.3 Å². The number of nitrogens with zero attached hydrogens (tertiary/aromatic N) is 2. The predicted molar refractivity (Wildman–Crippen MR) is 71.0 cm³/mol. The Balaban J connectivity index is 2.44. The standard InChI is InChI=1S/C14H16N2O3/c1-9(19-3)10-5-4-6-11(7-10)13-8-12(14(17)18)15-16(13)2/h4-9H,1-3H3,(H,17,18). The fraction of sp³-hybridized carbons (Fsp3) is 0.286. The van der Waals surface area contributed by atoms with E-state index in [2.05, 4.69) is 5.10 Å². The number of aryl methyl sites for hydroxylation is 1. The fourth-order valence-corrected chi connectivity index (χ4v) is 1.93. The summed E-state index contributed by atoms with van der Waals surface area (Å²) in [6.45, 7) is 1.96. The van der Waals surface area contributed by atoms with Crippen LogP contribution < -0.4 is 0 Å². The summed E-state index contributed by atoms with van der Waals surface area (Å²) in [5, 5.41) is 12.9. The van der Waals surface area contributed by atoms with Crippen LogP contribution >= 0.6 is 0 Å². The van der Waals surface area contributed by atoms with Gasteiger partial charge in [-0.1, -0.05) is 18.2 Å². The molecule has 0 bridgehead atoms. The Morgan fingerprint density at radius 1 is 1.42 bits per heavy atom. The van der Waals surface area contributed by atoms with Crippen molar-refractivity contribution in [2.24, 2.45) is 7.05 Å². The molecule has 2 rings (SSSR count). The quantitative estimate of drug-likeness (QED) is 0.917. The second-order valence-corrected chi connectivity index (χ2v) is 4.35. The zero-order valence-corrected chi connectivity index (χ0v) is 11.1. The van der Waals surface area contributed by atoms with Crippen molar-refractivity contribution in [2.75, 3.05) is 7.11 Å². The van der Waals surface area contributed by atoms with Gasteiger partial charge in [-0.3, -0.25) is 4.68 Å². The Morgan fingerprint density at radius 2 is 2.16 bits per heavy atom. The first-order valence-electron chi connectivity index (χ1n) is 5.93. The lowest BCUT2D eigenvalue weighted by atomic mass is 10.0. The largest absolute Gasteiger partial charge is 0.476 e. The summed E-state index contributed by atoms with van der Waals surface area (Å²) in [6, 6.07) is 9.38. The average molecular weight is 260 g/mol. The predicted octanol–water partition coefficient (Wildman–Crippen LogP) is 2.49. The average Bonchev–Trinajstić information content (AvgIpc) is 2.80. The summed E-state index contributed by atoms with van der Waals surface area (Å²) in [4.78, 5) is 10.9. The summed E-state index contributed by atoms with van der Waals surface area (Å²) >= 11 is 0. The van der Waals surface area contributed by atoms with E-state index in [-0.39, 0.29) is 11.8 Å². The molecule has 1 atom stereocenters. The highest BCUT2D eigenvalue weighted by atomic mass is 16.5. The van der Waals surface area contributed by atoms with Gasteiger partial charge in [-0.15, -0.1) is 0 Å². The van der Waals surface area contributed by atoms with Crippen LogP contribution in [0.2, 0.25) is 0 Å². The first-order chi connectivity index (χ1) is 9.02. The number of ether oxygens (including phenoxy) is 1. The molecule has 0 saturated carbocycles. The van der Waals surface area contributed by atoms with Gasteiger partial charge in [-0.2, -0.15) is 5.10 Å². The molecule has 1 aromatic carbocycles. The highest BCUT2D eigenvalue weighted by Gasteiger charge is 2.13. The lowest BCUT2D eigenvalue weighted by molar-refractivity contribution is 0.0689. The summed E-state index contributed by atoms with van der Waals surface area (Å²) in [7, 11) is 3.39. The van der Waals surface area contributed by atoms with Gasteiger partial charge in [0, 0.05) is 19.7 Å². The van der Waals surface area contributed by atoms with Gasteiger partial charge in [0.25, 0.3) is 0 Å². The maximum atomic E-state index is 10.9. The van der Waals surface area contributed by atoms with Gasteiger partial charge in [-0.25, -0.2) is 4.79 Å². The molecule has 0 aliphatic carbocycles. The van der Waals surface area contributed by atoms with E-state index in [1.807, 2.05) is 31.2 Å². The van der Waals surface area contributed by atoms with Crippen molar-refractivity contribution in [3.05, 3.63) is 41.6 Å². The molecule has 0 aliphatic rings. The van der Waals surface area contributed by atoms with E-state index in [0.29, 0.717) is 0 Å². The van der Waals surface area contributed by atoms with Gasteiger partial charge in [0.05, 0.1) is 11.8 Å². The molecule has 1 N–H and O–H groups in total. The molecule has 0 aliphatic heterocycles. The summed E-state index contributed by atoms with van der Waals surface area (Å²) < 4.78 is 6.85.